The minimum Gasteiger partial charge on any atom is -0.340 e. The third kappa shape index (κ3) is 2.35. The molecule has 1 amide bonds. The Labute approximate surface area is 96.8 Å². The van der Waals surface area contributed by atoms with Crippen LogP contribution >= 0.6 is 0 Å². The average molecular weight is 221 g/mol. The molecule has 0 aromatic heterocycles. The van der Waals surface area contributed by atoms with Crippen molar-refractivity contribution in [3.8, 4) is 6.07 Å². The van der Waals surface area contributed by atoms with Crippen LogP contribution in [-0.2, 0) is 4.79 Å². The van der Waals surface area contributed by atoms with Crippen molar-refractivity contribution in [2.75, 3.05) is 26.7 Å². The Bertz CT molecular complexity index is 310. The molecule has 2 unspecified atom stereocenters. The Balaban J connectivity index is 1.89. The number of nitrogens with zero attached hydrogens (tertiary/aromatic N) is 3. The number of rotatable bonds is 2. The maximum Gasteiger partial charge on any atom is 0.224 e. The van der Waals surface area contributed by atoms with E-state index in [9.17, 15) is 4.79 Å². The van der Waals surface area contributed by atoms with Gasteiger partial charge in [0.1, 0.15) is 0 Å². The maximum atomic E-state index is 11.7. The van der Waals surface area contributed by atoms with E-state index in [1.165, 1.54) is 19.3 Å². The molecule has 16 heavy (non-hydrogen) atoms. The minimum atomic E-state index is -0.0820. The van der Waals surface area contributed by atoms with E-state index >= 15 is 0 Å². The first kappa shape index (κ1) is 11.4. The van der Waals surface area contributed by atoms with Gasteiger partial charge in [-0.05, 0) is 26.4 Å². The first-order valence-electron chi connectivity index (χ1n) is 6.08. The number of hydrogen-bond acceptors (Lipinski definition) is 3. The minimum absolute atomic E-state index is 0.0820. The molecular weight excluding hydrogens is 202 g/mol. The summed E-state index contributed by atoms with van der Waals surface area (Å²) in [7, 11) is 2.13. The van der Waals surface area contributed by atoms with E-state index in [1.54, 1.807) is 0 Å². The fraction of sp³-hybridized carbons (Fsp3) is 0.833. The van der Waals surface area contributed by atoms with Crippen LogP contribution in [0.2, 0.25) is 0 Å². The predicted molar refractivity (Wildman–Crippen MR) is 60.6 cm³/mol. The van der Waals surface area contributed by atoms with Gasteiger partial charge in [-0.25, -0.2) is 0 Å². The van der Waals surface area contributed by atoms with E-state index in [0.717, 1.165) is 13.1 Å². The lowest BCUT2D eigenvalue weighted by molar-refractivity contribution is -0.128. The van der Waals surface area contributed by atoms with Crippen molar-refractivity contribution < 1.29 is 4.79 Å². The smallest absolute Gasteiger partial charge is 0.224 e. The van der Waals surface area contributed by atoms with Crippen molar-refractivity contribution in [1.82, 2.24) is 9.80 Å². The van der Waals surface area contributed by atoms with Crippen LogP contribution in [0.15, 0.2) is 0 Å². The van der Waals surface area contributed by atoms with E-state index in [4.69, 9.17) is 5.26 Å². The molecule has 0 bridgehead atoms. The molecule has 0 spiro atoms. The van der Waals surface area contributed by atoms with E-state index in [0.29, 0.717) is 19.0 Å². The first-order valence-corrected chi connectivity index (χ1v) is 6.08. The van der Waals surface area contributed by atoms with Gasteiger partial charge in [0, 0.05) is 25.6 Å². The molecule has 2 saturated heterocycles. The van der Waals surface area contributed by atoms with Gasteiger partial charge in [-0.3, -0.25) is 4.79 Å². The van der Waals surface area contributed by atoms with Gasteiger partial charge in [0.15, 0.2) is 0 Å². The van der Waals surface area contributed by atoms with E-state index in [2.05, 4.69) is 18.0 Å². The molecule has 2 heterocycles. The number of likely N-dealkylation sites (tertiary alicyclic amines) is 2. The largest absolute Gasteiger partial charge is 0.340 e. The Kier molecular flexibility index (Phi) is 3.45. The highest BCUT2D eigenvalue weighted by molar-refractivity contribution is 5.79. The van der Waals surface area contributed by atoms with Crippen LogP contribution in [-0.4, -0.2) is 48.4 Å². The normalized spacial score (nSPS) is 31.8. The molecule has 2 rings (SSSR count). The van der Waals surface area contributed by atoms with Crippen molar-refractivity contribution in [2.45, 2.75) is 31.7 Å². The Morgan fingerprint density at radius 3 is 2.94 bits per heavy atom. The van der Waals surface area contributed by atoms with Gasteiger partial charge in [-0.1, -0.05) is 6.42 Å². The van der Waals surface area contributed by atoms with Gasteiger partial charge in [0.25, 0.3) is 0 Å². The van der Waals surface area contributed by atoms with Gasteiger partial charge in [0.2, 0.25) is 5.91 Å². The number of piperidine rings is 1. The van der Waals surface area contributed by atoms with Gasteiger partial charge >= 0.3 is 0 Å². The molecule has 0 radical (unpaired) electrons. The number of hydrogen-bond donors (Lipinski definition) is 0. The summed E-state index contributed by atoms with van der Waals surface area (Å²) in [4.78, 5) is 15.9. The third-order valence-electron chi connectivity index (χ3n) is 3.75. The molecule has 0 aliphatic carbocycles. The molecule has 88 valence electrons. The summed E-state index contributed by atoms with van der Waals surface area (Å²) in [5.41, 5.74) is 0. The number of carbonyl (C=O) groups excluding carboxylic acids is 1. The fourth-order valence-corrected chi connectivity index (χ4v) is 2.66. The van der Waals surface area contributed by atoms with E-state index in [1.807, 2.05) is 4.90 Å². The Hall–Kier alpha value is -1.08. The van der Waals surface area contributed by atoms with Crippen LogP contribution in [0.5, 0.6) is 0 Å². The quantitative estimate of drug-likeness (QED) is 0.694. The van der Waals surface area contributed by atoms with Crippen molar-refractivity contribution in [2.24, 2.45) is 5.92 Å². The number of amides is 1. The SMILES string of the molecule is CN1CCCCC1CN1CC(C#N)CC1=O. The van der Waals surface area contributed by atoms with Crippen LogP contribution in [0, 0.1) is 17.2 Å². The highest BCUT2D eigenvalue weighted by Gasteiger charge is 2.32. The van der Waals surface area contributed by atoms with E-state index in [-0.39, 0.29) is 11.8 Å². The van der Waals surface area contributed by atoms with Crippen LogP contribution in [0.1, 0.15) is 25.7 Å². The van der Waals surface area contributed by atoms with Gasteiger partial charge in [0.05, 0.1) is 12.0 Å². The molecule has 4 nitrogen and oxygen atoms in total. The van der Waals surface area contributed by atoms with Gasteiger partial charge < -0.3 is 9.80 Å². The lowest BCUT2D eigenvalue weighted by Crippen LogP contribution is -2.45. The molecule has 2 atom stereocenters. The number of carbonyl (C=O) groups is 1. The summed E-state index contributed by atoms with van der Waals surface area (Å²) < 4.78 is 0. The average Bonchev–Trinajstić information content (AvgIpc) is 2.63. The second kappa shape index (κ2) is 4.84. The number of likely N-dealkylation sites (N-methyl/N-ethyl adjacent to an activating group) is 1. The Morgan fingerprint density at radius 2 is 2.31 bits per heavy atom. The second-order valence-electron chi connectivity index (χ2n) is 4.96. The third-order valence-corrected chi connectivity index (χ3v) is 3.75. The molecule has 0 aromatic carbocycles. The topological polar surface area (TPSA) is 47.3 Å². The fourth-order valence-electron chi connectivity index (χ4n) is 2.66. The van der Waals surface area contributed by atoms with Crippen molar-refractivity contribution in [1.29, 1.82) is 5.26 Å². The summed E-state index contributed by atoms with van der Waals surface area (Å²) in [5.74, 6) is 0.0759. The zero-order valence-electron chi connectivity index (χ0n) is 9.85. The second-order valence-corrected chi connectivity index (χ2v) is 4.96. The molecule has 2 fully saturated rings. The molecule has 0 saturated carbocycles. The van der Waals surface area contributed by atoms with Crippen LogP contribution in [0.3, 0.4) is 0 Å². The van der Waals surface area contributed by atoms with Gasteiger partial charge in [-0.2, -0.15) is 5.26 Å². The van der Waals surface area contributed by atoms with Crippen LogP contribution in [0.4, 0.5) is 0 Å². The maximum absolute atomic E-state index is 11.7. The molecule has 0 N–H and O–H groups in total. The molecular formula is C12H19N3O. The molecule has 2 aliphatic heterocycles. The highest BCUT2D eigenvalue weighted by Crippen LogP contribution is 2.21. The summed E-state index contributed by atoms with van der Waals surface area (Å²) in [6, 6.07) is 2.69. The molecule has 2 aliphatic rings. The lowest BCUT2D eigenvalue weighted by atomic mass is 10.0. The van der Waals surface area contributed by atoms with Crippen LogP contribution in [0.25, 0.3) is 0 Å². The first-order chi connectivity index (χ1) is 7.70. The summed E-state index contributed by atoms with van der Waals surface area (Å²) in [5, 5.41) is 8.82. The summed E-state index contributed by atoms with van der Waals surface area (Å²) >= 11 is 0. The van der Waals surface area contributed by atoms with Crippen LogP contribution < -0.4 is 0 Å². The Morgan fingerprint density at radius 1 is 1.50 bits per heavy atom. The van der Waals surface area contributed by atoms with Crippen molar-refractivity contribution in [3.63, 3.8) is 0 Å². The zero-order valence-corrected chi connectivity index (χ0v) is 9.85. The number of nitriles is 1. The molecule has 4 heteroatoms. The van der Waals surface area contributed by atoms with Crippen molar-refractivity contribution >= 4 is 5.91 Å². The highest BCUT2D eigenvalue weighted by atomic mass is 16.2. The standard InChI is InChI=1S/C12H19N3O/c1-14-5-3-2-4-11(14)9-15-8-10(7-13)6-12(15)16/h10-11H,2-6,8-9H2,1H3. The zero-order chi connectivity index (χ0) is 11.5. The predicted octanol–water partition coefficient (Wildman–Crippen LogP) is 0.843. The van der Waals surface area contributed by atoms with E-state index < -0.39 is 0 Å². The molecule has 0 aromatic rings. The van der Waals surface area contributed by atoms with Crippen molar-refractivity contribution in [3.05, 3.63) is 0 Å². The monoisotopic (exact) mass is 221 g/mol. The lowest BCUT2D eigenvalue weighted by Gasteiger charge is -2.35. The summed E-state index contributed by atoms with van der Waals surface area (Å²) in [6.07, 6.45) is 4.13. The van der Waals surface area contributed by atoms with Gasteiger partial charge in [-0.15, -0.1) is 0 Å². The summed E-state index contributed by atoms with van der Waals surface area (Å²) in [6.45, 7) is 2.58.